The third-order valence-electron chi connectivity index (χ3n) is 2.90. The van der Waals surface area contributed by atoms with Crippen molar-refractivity contribution in [1.29, 1.82) is 0 Å². The molecule has 0 bridgehead atoms. The standard InChI is InChI=1S/C15H21NO4/c1-11-4-5-13(10-12(11)2)16-14(17)6-7-15(18)20-9-8-19-3/h4-5,10H,6-9H2,1-3H3,(H,16,17). The molecule has 110 valence electrons. The van der Waals surface area contributed by atoms with Crippen LogP contribution in [0.25, 0.3) is 0 Å². The summed E-state index contributed by atoms with van der Waals surface area (Å²) in [6.07, 6.45) is 0.180. The molecule has 5 heteroatoms. The van der Waals surface area contributed by atoms with Crippen molar-refractivity contribution in [2.24, 2.45) is 0 Å². The van der Waals surface area contributed by atoms with Gasteiger partial charge in [0.15, 0.2) is 0 Å². The average molecular weight is 279 g/mol. The largest absolute Gasteiger partial charge is 0.463 e. The molecule has 1 N–H and O–H groups in total. The summed E-state index contributed by atoms with van der Waals surface area (Å²) in [6.45, 7) is 4.57. The molecule has 0 saturated heterocycles. The van der Waals surface area contributed by atoms with Gasteiger partial charge in [0.1, 0.15) is 6.61 Å². The maximum absolute atomic E-state index is 11.7. The summed E-state index contributed by atoms with van der Waals surface area (Å²) >= 11 is 0. The zero-order valence-electron chi connectivity index (χ0n) is 12.2. The lowest BCUT2D eigenvalue weighted by Gasteiger charge is -2.08. The molecular formula is C15H21NO4. The maximum atomic E-state index is 11.7. The third kappa shape index (κ3) is 5.84. The Labute approximate surface area is 119 Å². The molecular weight excluding hydrogens is 258 g/mol. The van der Waals surface area contributed by atoms with Crippen molar-refractivity contribution in [3.05, 3.63) is 29.3 Å². The van der Waals surface area contributed by atoms with Gasteiger partial charge >= 0.3 is 5.97 Å². The number of ether oxygens (including phenoxy) is 2. The summed E-state index contributed by atoms with van der Waals surface area (Å²) in [4.78, 5) is 23.0. The van der Waals surface area contributed by atoms with Gasteiger partial charge in [0.2, 0.25) is 5.91 Å². The van der Waals surface area contributed by atoms with Crippen LogP contribution >= 0.6 is 0 Å². The predicted octanol–water partition coefficient (Wildman–Crippen LogP) is 2.21. The van der Waals surface area contributed by atoms with Gasteiger partial charge in [-0.15, -0.1) is 0 Å². The molecule has 0 spiro atoms. The molecule has 0 aliphatic carbocycles. The summed E-state index contributed by atoms with van der Waals surface area (Å²) < 4.78 is 9.64. The minimum atomic E-state index is -0.391. The van der Waals surface area contributed by atoms with Crippen LogP contribution < -0.4 is 5.32 Å². The number of benzene rings is 1. The van der Waals surface area contributed by atoms with E-state index in [1.54, 1.807) is 0 Å². The van der Waals surface area contributed by atoms with Crippen LogP contribution in [0.15, 0.2) is 18.2 Å². The molecule has 0 radical (unpaired) electrons. The van der Waals surface area contributed by atoms with E-state index in [-0.39, 0.29) is 25.4 Å². The average Bonchev–Trinajstić information content (AvgIpc) is 2.41. The van der Waals surface area contributed by atoms with Crippen LogP contribution in [0.4, 0.5) is 5.69 Å². The van der Waals surface area contributed by atoms with E-state index < -0.39 is 5.97 Å². The first-order valence-electron chi connectivity index (χ1n) is 6.54. The molecule has 1 rings (SSSR count). The van der Waals surface area contributed by atoms with E-state index in [1.807, 2.05) is 32.0 Å². The van der Waals surface area contributed by atoms with Gasteiger partial charge in [-0.25, -0.2) is 0 Å². The highest BCUT2D eigenvalue weighted by atomic mass is 16.6. The quantitative estimate of drug-likeness (QED) is 0.614. The van der Waals surface area contributed by atoms with E-state index in [0.29, 0.717) is 6.61 Å². The number of rotatable bonds is 7. The molecule has 1 amide bonds. The van der Waals surface area contributed by atoms with E-state index in [9.17, 15) is 9.59 Å². The second kappa shape index (κ2) is 8.32. The summed E-state index contributed by atoms with van der Waals surface area (Å²) in [7, 11) is 1.53. The van der Waals surface area contributed by atoms with E-state index in [4.69, 9.17) is 9.47 Å². The monoisotopic (exact) mass is 279 g/mol. The number of nitrogens with one attached hydrogen (secondary N) is 1. The molecule has 0 heterocycles. The summed E-state index contributed by atoms with van der Waals surface area (Å²) in [6, 6.07) is 5.70. The molecule has 1 aromatic rings. The lowest BCUT2D eigenvalue weighted by Crippen LogP contribution is -2.15. The van der Waals surface area contributed by atoms with Gasteiger partial charge in [0.25, 0.3) is 0 Å². The lowest BCUT2D eigenvalue weighted by molar-refractivity contribution is -0.145. The van der Waals surface area contributed by atoms with E-state index in [2.05, 4.69) is 5.32 Å². The van der Waals surface area contributed by atoms with Gasteiger partial charge < -0.3 is 14.8 Å². The Hall–Kier alpha value is -1.88. The Balaban J connectivity index is 2.32. The molecule has 20 heavy (non-hydrogen) atoms. The van der Waals surface area contributed by atoms with Crippen molar-refractivity contribution in [3.63, 3.8) is 0 Å². The zero-order valence-corrected chi connectivity index (χ0v) is 12.2. The number of hydrogen-bond donors (Lipinski definition) is 1. The molecule has 0 atom stereocenters. The fourth-order valence-corrected chi connectivity index (χ4v) is 1.57. The normalized spacial score (nSPS) is 10.2. The Kier molecular flexibility index (Phi) is 6.73. The Morgan fingerprint density at radius 1 is 1.10 bits per heavy atom. The van der Waals surface area contributed by atoms with Crippen LogP contribution in [0.3, 0.4) is 0 Å². The molecule has 0 fully saturated rings. The van der Waals surface area contributed by atoms with E-state index in [0.717, 1.165) is 11.3 Å². The molecule has 0 aliphatic rings. The Morgan fingerprint density at radius 2 is 1.85 bits per heavy atom. The number of methoxy groups -OCH3 is 1. The van der Waals surface area contributed by atoms with Crippen LogP contribution in [-0.2, 0) is 19.1 Å². The van der Waals surface area contributed by atoms with Crippen molar-refractivity contribution in [2.75, 3.05) is 25.6 Å². The van der Waals surface area contributed by atoms with Crippen molar-refractivity contribution in [2.45, 2.75) is 26.7 Å². The fourth-order valence-electron chi connectivity index (χ4n) is 1.57. The maximum Gasteiger partial charge on any atom is 0.306 e. The number of hydrogen-bond acceptors (Lipinski definition) is 4. The minimum absolute atomic E-state index is 0.0698. The first-order chi connectivity index (χ1) is 9.52. The van der Waals surface area contributed by atoms with Gasteiger partial charge in [0.05, 0.1) is 13.0 Å². The highest BCUT2D eigenvalue weighted by molar-refractivity contribution is 5.92. The summed E-state index contributed by atoms with van der Waals surface area (Å²) in [5, 5.41) is 2.76. The number of esters is 1. The number of anilines is 1. The molecule has 0 aromatic heterocycles. The first kappa shape index (κ1) is 16.2. The first-order valence-corrected chi connectivity index (χ1v) is 6.54. The number of carbonyl (C=O) groups excluding carboxylic acids is 2. The van der Waals surface area contributed by atoms with Crippen molar-refractivity contribution < 1.29 is 19.1 Å². The van der Waals surface area contributed by atoms with Crippen LogP contribution in [0.5, 0.6) is 0 Å². The number of carbonyl (C=O) groups is 2. The zero-order chi connectivity index (χ0) is 15.0. The van der Waals surface area contributed by atoms with Crippen molar-refractivity contribution in [1.82, 2.24) is 0 Å². The lowest BCUT2D eigenvalue weighted by atomic mass is 10.1. The molecule has 0 unspecified atom stereocenters. The second-order valence-electron chi connectivity index (χ2n) is 4.56. The smallest absolute Gasteiger partial charge is 0.306 e. The van der Waals surface area contributed by atoms with Crippen molar-refractivity contribution in [3.8, 4) is 0 Å². The van der Waals surface area contributed by atoms with Gasteiger partial charge in [-0.1, -0.05) is 6.07 Å². The van der Waals surface area contributed by atoms with Gasteiger partial charge in [0, 0.05) is 19.2 Å². The summed E-state index contributed by atoms with van der Waals surface area (Å²) in [5.74, 6) is -0.589. The van der Waals surface area contributed by atoms with Gasteiger partial charge in [-0.2, -0.15) is 0 Å². The highest BCUT2D eigenvalue weighted by Crippen LogP contribution is 2.14. The SMILES string of the molecule is COCCOC(=O)CCC(=O)Nc1ccc(C)c(C)c1. The van der Waals surface area contributed by atoms with Crippen molar-refractivity contribution >= 4 is 17.6 Å². The highest BCUT2D eigenvalue weighted by Gasteiger charge is 2.08. The third-order valence-corrected chi connectivity index (χ3v) is 2.90. The van der Waals surface area contributed by atoms with Crippen LogP contribution in [0.2, 0.25) is 0 Å². The van der Waals surface area contributed by atoms with E-state index in [1.165, 1.54) is 12.7 Å². The predicted molar refractivity (Wildman–Crippen MR) is 76.6 cm³/mol. The molecule has 0 aliphatic heterocycles. The summed E-state index contributed by atoms with van der Waals surface area (Å²) in [5.41, 5.74) is 3.03. The molecule has 0 saturated carbocycles. The molecule has 5 nitrogen and oxygen atoms in total. The topological polar surface area (TPSA) is 64.6 Å². The van der Waals surface area contributed by atoms with Crippen LogP contribution in [0, 0.1) is 13.8 Å². The Morgan fingerprint density at radius 3 is 2.50 bits per heavy atom. The second-order valence-corrected chi connectivity index (χ2v) is 4.56. The molecule has 1 aromatic carbocycles. The Bertz CT molecular complexity index is 471. The van der Waals surface area contributed by atoms with Gasteiger partial charge in [-0.05, 0) is 37.1 Å². The van der Waals surface area contributed by atoms with Crippen LogP contribution in [-0.4, -0.2) is 32.2 Å². The number of aryl methyl sites for hydroxylation is 2. The number of amides is 1. The minimum Gasteiger partial charge on any atom is -0.463 e. The van der Waals surface area contributed by atoms with Gasteiger partial charge in [-0.3, -0.25) is 9.59 Å². The van der Waals surface area contributed by atoms with Crippen LogP contribution in [0.1, 0.15) is 24.0 Å². The fraction of sp³-hybridized carbons (Fsp3) is 0.467. The van der Waals surface area contributed by atoms with E-state index >= 15 is 0 Å².